The number of pyridine rings is 1. The van der Waals surface area contributed by atoms with Gasteiger partial charge in [0, 0.05) is 17.2 Å². The molecule has 2 nitrogen and oxygen atoms in total. The van der Waals surface area contributed by atoms with Gasteiger partial charge in [0.15, 0.2) is 0 Å². The first-order valence-electron chi connectivity index (χ1n) is 8.58. The largest absolute Gasteiger partial charge is 0.256 e. The smallest absolute Gasteiger partial charge is 0.0991 e. The van der Waals surface area contributed by atoms with Gasteiger partial charge >= 0.3 is 0 Å². The second kappa shape index (κ2) is 6.91. The van der Waals surface area contributed by atoms with Crippen LogP contribution in [0.4, 0.5) is 0 Å². The summed E-state index contributed by atoms with van der Waals surface area (Å²) < 4.78 is 0. The molecule has 0 bridgehead atoms. The molecule has 0 aliphatic rings. The maximum absolute atomic E-state index is 9.04. The molecule has 0 aliphatic carbocycles. The summed E-state index contributed by atoms with van der Waals surface area (Å²) in [6.07, 6.45) is 1.82. The molecular weight excluding hydrogens is 304 g/mol. The number of nitriles is 1. The highest BCUT2D eigenvalue weighted by molar-refractivity contribution is 5.60. The molecule has 2 aromatic carbocycles. The fraction of sp³-hybridized carbons (Fsp3) is 0.217. The molecule has 124 valence electrons. The van der Waals surface area contributed by atoms with Gasteiger partial charge < -0.3 is 0 Å². The summed E-state index contributed by atoms with van der Waals surface area (Å²) in [5.41, 5.74) is 5.18. The molecule has 1 unspecified atom stereocenters. The monoisotopic (exact) mass is 326 g/mol. The first-order valence-corrected chi connectivity index (χ1v) is 8.58. The Morgan fingerprint density at radius 2 is 1.48 bits per heavy atom. The highest BCUT2D eigenvalue weighted by Gasteiger charge is 2.32. The summed E-state index contributed by atoms with van der Waals surface area (Å²) in [7, 11) is 0. The summed E-state index contributed by atoms with van der Waals surface area (Å²) in [6, 6.07) is 24.8. The van der Waals surface area contributed by atoms with Gasteiger partial charge in [0.2, 0.25) is 0 Å². The van der Waals surface area contributed by atoms with Gasteiger partial charge in [-0.15, -0.1) is 0 Å². The summed E-state index contributed by atoms with van der Waals surface area (Å²) in [4.78, 5) is 4.42. The molecule has 25 heavy (non-hydrogen) atoms. The molecule has 1 atom stereocenters. The highest BCUT2D eigenvalue weighted by Crippen LogP contribution is 2.39. The predicted molar refractivity (Wildman–Crippen MR) is 102 cm³/mol. The predicted octanol–water partition coefficient (Wildman–Crippen LogP) is 5.58. The second-order valence-electron chi connectivity index (χ2n) is 6.84. The quantitative estimate of drug-likeness (QED) is 0.627. The van der Waals surface area contributed by atoms with E-state index in [-0.39, 0.29) is 5.41 Å². The van der Waals surface area contributed by atoms with Gasteiger partial charge in [0.25, 0.3) is 0 Å². The Labute approximate surface area is 149 Å². The van der Waals surface area contributed by atoms with Crippen LogP contribution in [-0.2, 0) is 5.41 Å². The van der Waals surface area contributed by atoms with Crippen molar-refractivity contribution in [3.63, 3.8) is 0 Å². The Morgan fingerprint density at radius 3 is 1.96 bits per heavy atom. The average molecular weight is 326 g/mol. The molecule has 3 aromatic rings. The number of hydrogen-bond donors (Lipinski definition) is 0. The lowest BCUT2D eigenvalue weighted by atomic mass is 9.68. The van der Waals surface area contributed by atoms with Crippen LogP contribution in [0.25, 0.3) is 11.3 Å². The van der Waals surface area contributed by atoms with Gasteiger partial charge in [-0.05, 0) is 41.3 Å². The van der Waals surface area contributed by atoms with E-state index in [9.17, 15) is 0 Å². The van der Waals surface area contributed by atoms with Crippen molar-refractivity contribution in [3.05, 3.63) is 89.6 Å². The molecular formula is C23H22N2. The maximum Gasteiger partial charge on any atom is 0.0991 e. The van der Waals surface area contributed by atoms with E-state index >= 15 is 0 Å². The Bertz CT molecular complexity index is 872. The zero-order valence-corrected chi connectivity index (χ0v) is 14.9. The van der Waals surface area contributed by atoms with E-state index in [4.69, 9.17) is 5.26 Å². The lowest BCUT2D eigenvalue weighted by Gasteiger charge is -2.35. The van der Waals surface area contributed by atoms with Crippen LogP contribution in [0.2, 0.25) is 0 Å². The first-order chi connectivity index (χ1) is 12.1. The third-order valence-corrected chi connectivity index (χ3v) is 5.21. The zero-order valence-electron chi connectivity index (χ0n) is 14.9. The van der Waals surface area contributed by atoms with Crippen LogP contribution in [-0.4, -0.2) is 4.98 Å². The standard InChI is InChI=1S/C23H22N2/c1-17(2)23(3,20-11-7-18(16-24)8-12-20)21-13-9-19(10-14-21)22-6-4-5-15-25-22/h4-15,17H,1-3H3. The number of hydrogen-bond acceptors (Lipinski definition) is 2. The minimum Gasteiger partial charge on any atom is -0.256 e. The van der Waals surface area contributed by atoms with Gasteiger partial charge in [0.05, 0.1) is 17.3 Å². The highest BCUT2D eigenvalue weighted by atomic mass is 14.7. The van der Waals surface area contributed by atoms with Gasteiger partial charge in [-0.1, -0.05) is 63.2 Å². The molecule has 2 heteroatoms. The summed E-state index contributed by atoms with van der Waals surface area (Å²) >= 11 is 0. The number of benzene rings is 2. The molecule has 0 aliphatic heterocycles. The number of nitrogens with zero attached hydrogens (tertiary/aromatic N) is 2. The van der Waals surface area contributed by atoms with Gasteiger partial charge in [0.1, 0.15) is 0 Å². The van der Waals surface area contributed by atoms with Gasteiger partial charge in [-0.2, -0.15) is 5.26 Å². The first kappa shape index (κ1) is 16.9. The van der Waals surface area contributed by atoms with Crippen molar-refractivity contribution >= 4 is 0 Å². The van der Waals surface area contributed by atoms with E-state index in [0.717, 1.165) is 11.3 Å². The van der Waals surface area contributed by atoms with Crippen molar-refractivity contribution in [2.24, 2.45) is 5.92 Å². The molecule has 0 fully saturated rings. The van der Waals surface area contributed by atoms with Crippen LogP contribution in [0.1, 0.15) is 37.5 Å². The number of rotatable bonds is 4. The minimum absolute atomic E-state index is 0.114. The molecule has 1 aromatic heterocycles. The van der Waals surface area contributed by atoms with E-state index in [1.807, 2.05) is 36.5 Å². The van der Waals surface area contributed by atoms with E-state index in [0.29, 0.717) is 11.5 Å². The molecule has 1 heterocycles. The van der Waals surface area contributed by atoms with Crippen molar-refractivity contribution in [2.75, 3.05) is 0 Å². The molecule has 0 saturated carbocycles. The maximum atomic E-state index is 9.04. The normalized spacial score (nSPS) is 13.2. The van der Waals surface area contributed by atoms with Gasteiger partial charge in [-0.3, -0.25) is 4.98 Å². The lowest BCUT2D eigenvalue weighted by Crippen LogP contribution is -2.30. The Morgan fingerprint density at radius 1 is 0.880 bits per heavy atom. The Hall–Kier alpha value is -2.92. The fourth-order valence-electron chi connectivity index (χ4n) is 3.25. The second-order valence-corrected chi connectivity index (χ2v) is 6.84. The van der Waals surface area contributed by atoms with Crippen LogP contribution in [0.5, 0.6) is 0 Å². The minimum atomic E-state index is -0.114. The van der Waals surface area contributed by atoms with Crippen LogP contribution in [0, 0.1) is 17.2 Å². The molecule has 0 spiro atoms. The fourth-order valence-corrected chi connectivity index (χ4v) is 3.25. The summed E-state index contributed by atoms with van der Waals surface area (Å²) in [6.45, 7) is 6.75. The Kier molecular flexibility index (Phi) is 4.67. The van der Waals surface area contributed by atoms with Crippen molar-refractivity contribution in [3.8, 4) is 17.3 Å². The van der Waals surface area contributed by atoms with Crippen molar-refractivity contribution in [1.82, 2.24) is 4.98 Å². The van der Waals surface area contributed by atoms with Crippen LogP contribution in [0.15, 0.2) is 72.9 Å². The molecule has 3 rings (SSSR count). The third kappa shape index (κ3) is 3.19. The van der Waals surface area contributed by atoms with Crippen LogP contribution < -0.4 is 0 Å². The molecule has 0 saturated heterocycles. The number of aromatic nitrogens is 1. The van der Waals surface area contributed by atoms with Gasteiger partial charge in [-0.25, -0.2) is 0 Å². The molecule has 0 radical (unpaired) electrons. The van der Waals surface area contributed by atoms with Crippen LogP contribution >= 0.6 is 0 Å². The van der Waals surface area contributed by atoms with Crippen molar-refractivity contribution in [1.29, 1.82) is 5.26 Å². The summed E-state index contributed by atoms with van der Waals surface area (Å²) in [5.74, 6) is 0.418. The third-order valence-electron chi connectivity index (χ3n) is 5.21. The molecule has 0 N–H and O–H groups in total. The average Bonchev–Trinajstić information content (AvgIpc) is 2.68. The van der Waals surface area contributed by atoms with E-state index in [1.54, 1.807) is 0 Å². The Balaban J connectivity index is 2.01. The van der Waals surface area contributed by atoms with E-state index in [1.165, 1.54) is 11.1 Å². The zero-order chi connectivity index (χ0) is 17.9. The van der Waals surface area contributed by atoms with Crippen molar-refractivity contribution in [2.45, 2.75) is 26.2 Å². The molecule has 0 amide bonds. The topological polar surface area (TPSA) is 36.7 Å². The summed E-state index contributed by atoms with van der Waals surface area (Å²) in [5, 5.41) is 9.04. The van der Waals surface area contributed by atoms with Crippen molar-refractivity contribution < 1.29 is 0 Å². The van der Waals surface area contributed by atoms with E-state index < -0.39 is 0 Å². The SMILES string of the molecule is CC(C)C(C)(c1ccc(C#N)cc1)c1ccc(-c2ccccn2)cc1. The van der Waals surface area contributed by atoms with E-state index in [2.05, 4.69) is 68.2 Å². The lowest BCUT2D eigenvalue weighted by molar-refractivity contribution is 0.405. The van der Waals surface area contributed by atoms with Crippen LogP contribution in [0.3, 0.4) is 0 Å².